The van der Waals surface area contributed by atoms with Crippen LogP contribution in [-0.2, 0) is 23.1 Å². The molecule has 2 atom stereocenters. The largest absolute Gasteiger partial charge is 0.698 e. The lowest BCUT2D eigenvalue weighted by Gasteiger charge is -2.08. The van der Waals surface area contributed by atoms with Gasteiger partial charge in [0, 0.05) is 17.8 Å². The molecule has 0 heterocycles. The van der Waals surface area contributed by atoms with E-state index in [1.54, 1.807) is 0 Å². The van der Waals surface area contributed by atoms with Gasteiger partial charge in [-0.05, 0) is 26.7 Å². The molecule has 0 N–H and O–H groups in total. The minimum absolute atomic E-state index is 0.233. The SMILES string of the molecule is CCCCCOCC(C)O[P+](=O)OC(C)COCCCCC. The van der Waals surface area contributed by atoms with Gasteiger partial charge in [-0.2, -0.15) is 0 Å². The summed E-state index contributed by atoms with van der Waals surface area (Å²) in [4.78, 5) is 0. The van der Waals surface area contributed by atoms with Crippen molar-refractivity contribution < 1.29 is 23.1 Å². The Labute approximate surface area is 137 Å². The second kappa shape index (κ2) is 15.8. The van der Waals surface area contributed by atoms with Gasteiger partial charge in [0.05, 0.1) is 13.2 Å². The van der Waals surface area contributed by atoms with Gasteiger partial charge >= 0.3 is 8.25 Å². The van der Waals surface area contributed by atoms with Crippen molar-refractivity contribution in [2.75, 3.05) is 26.4 Å². The van der Waals surface area contributed by atoms with Gasteiger partial charge in [0.15, 0.2) is 0 Å². The topological polar surface area (TPSA) is 54.0 Å². The molecule has 132 valence electrons. The molecular weight excluding hydrogens is 303 g/mol. The molecule has 0 aromatic heterocycles. The monoisotopic (exact) mass is 337 g/mol. The van der Waals surface area contributed by atoms with Crippen molar-refractivity contribution >= 4 is 8.25 Å². The highest BCUT2D eigenvalue weighted by molar-refractivity contribution is 7.33. The van der Waals surface area contributed by atoms with Crippen LogP contribution in [-0.4, -0.2) is 38.6 Å². The van der Waals surface area contributed by atoms with Crippen molar-refractivity contribution in [2.24, 2.45) is 0 Å². The second-order valence-electron chi connectivity index (χ2n) is 5.62. The smallest absolute Gasteiger partial charge is 0.379 e. The molecule has 0 aliphatic heterocycles. The van der Waals surface area contributed by atoms with E-state index in [2.05, 4.69) is 13.8 Å². The Kier molecular flexibility index (Phi) is 15.8. The van der Waals surface area contributed by atoms with Crippen LogP contribution < -0.4 is 0 Å². The Morgan fingerprint density at radius 1 is 0.773 bits per heavy atom. The maximum absolute atomic E-state index is 11.7. The van der Waals surface area contributed by atoms with E-state index < -0.39 is 8.25 Å². The molecule has 0 rings (SSSR count). The minimum atomic E-state index is -2.12. The molecule has 0 bridgehead atoms. The number of hydrogen-bond acceptors (Lipinski definition) is 5. The van der Waals surface area contributed by atoms with E-state index in [4.69, 9.17) is 18.5 Å². The molecule has 6 heteroatoms. The normalized spacial score (nSPS) is 14.8. The first kappa shape index (κ1) is 21.9. The first-order valence-electron chi connectivity index (χ1n) is 8.56. The molecule has 0 aliphatic rings. The third kappa shape index (κ3) is 14.9. The molecule has 2 unspecified atom stereocenters. The maximum Gasteiger partial charge on any atom is 0.698 e. The van der Waals surface area contributed by atoms with E-state index in [9.17, 15) is 4.57 Å². The van der Waals surface area contributed by atoms with Gasteiger partial charge in [-0.25, -0.2) is 0 Å². The summed E-state index contributed by atoms with van der Waals surface area (Å²) in [6, 6.07) is 0. The van der Waals surface area contributed by atoms with Gasteiger partial charge in [0.25, 0.3) is 0 Å². The van der Waals surface area contributed by atoms with Crippen molar-refractivity contribution in [1.82, 2.24) is 0 Å². The number of rotatable bonds is 16. The van der Waals surface area contributed by atoms with Crippen LogP contribution >= 0.6 is 8.25 Å². The molecule has 0 spiro atoms. The summed E-state index contributed by atoms with van der Waals surface area (Å²) in [6.07, 6.45) is 6.33. The number of ether oxygens (including phenoxy) is 2. The molecular formula is C16H34O5P+. The van der Waals surface area contributed by atoms with Gasteiger partial charge in [0.1, 0.15) is 12.2 Å². The predicted molar refractivity (Wildman–Crippen MR) is 89.4 cm³/mol. The van der Waals surface area contributed by atoms with E-state index in [1.165, 1.54) is 25.7 Å². The molecule has 0 aliphatic carbocycles. The molecule has 0 amide bonds. The van der Waals surface area contributed by atoms with Crippen LogP contribution in [0.3, 0.4) is 0 Å². The highest BCUT2D eigenvalue weighted by atomic mass is 31.1. The number of hydrogen-bond donors (Lipinski definition) is 0. The summed E-state index contributed by atoms with van der Waals surface area (Å²) in [5.74, 6) is 0. The zero-order valence-electron chi connectivity index (χ0n) is 14.7. The molecule has 0 fully saturated rings. The predicted octanol–water partition coefficient (Wildman–Crippen LogP) is 4.87. The fourth-order valence-corrected chi connectivity index (χ4v) is 2.55. The van der Waals surface area contributed by atoms with E-state index in [0.29, 0.717) is 13.2 Å². The molecule has 0 saturated heterocycles. The van der Waals surface area contributed by atoms with Crippen LogP contribution in [0.1, 0.15) is 66.2 Å². The van der Waals surface area contributed by atoms with Crippen LogP contribution in [0, 0.1) is 0 Å². The van der Waals surface area contributed by atoms with E-state index in [-0.39, 0.29) is 12.2 Å². The fourth-order valence-electron chi connectivity index (χ4n) is 1.79. The quantitative estimate of drug-likeness (QED) is 0.297. The summed E-state index contributed by atoms with van der Waals surface area (Å²) < 4.78 is 33.2. The first-order chi connectivity index (χ1) is 10.6. The zero-order chi connectivity index (χ0) is 16.6. The standard InChI is InChI=1S/C16H34O5P/c1-5-7-9-11-18-13-15(3)20-22(17)21-16(4)14-19-12-10-8-6-2/h15-16H,5-14H2,1-4H3/q+1. The molecule has 5 nitrogen and oxygen atoms in total. The Morgan fingerprint density at radius 3 is 1.55 bits per heavy atom. The molecule has 0 aromatic rings. The van der Waals surface area contributed by atoms with Gasteiger partial charge in [-0.3, -0.25) is 0 Å². The Bertz CT molecular complexity index is 239. The van der Waals surface area contributed by atoms with Crippen molar-refractivity contribution in [1.29, 1.82) is 0 Å². The van der Waals surface area contributed by atoms with Gasteiger partial charge in [-0.1, -0.05) is 39.5 Å². The van der Waals surface area contributed by atoms with Crippen molar-refractivity contribution in [3.63, 3.8) is 0 Å². The Hall–Kier alpha value is -0.0600. The second-order valence-corrected chi connectivity index (χ2v) is 6.49. The Balaban J connectivity index is 3.56. The number of unbranched alkanes of at least 4 members (excludes halogenated alkanes) is 4. The van der Waals surface area contributed by atoms with Crippen LogP contribution in [0.25, 0.3) is 0 Å². The zero-order valence-corrected chi connectivity index (χ0v) is 15.6. The summed E-state index contributed by atoms with van der Waals surface area (Å²) in [6.45, 7) is 10.3. The van der Waals surface area contributed by atoms with Crippen molar-refractivity contribution in [3.8, 4) is 0 Å². The van der Waals surface area contributed by atoms with Crippen LogP contribution in [0.4, 0.5) is 0 Å². The fraction of sp³-hybridized carbons (Fsp3) is 1.00. The average molecular weight is 337 g/mol. The summed E-state index contributed by atoms with van der Waals surface area (Å²) in [5, 5.41) is 0. The minimum Gasteiger partial charge on any atom is -0.379 e. The van der Waals surface area contributed by atoms with Crippen LogP contribution in [0.5, 0.6) is 0 Å². The van der Waals surface area contributed by atoms with E-state index >= 15 is 0 Å². The van der Waals surface area contributed by atoms with Crippen LogP contribution in [0.15, 0.2) is 0 Å². The third-order valence-corrected chi connectivity index (χ3v) is 4.09. The first-order valence-corrected chi connectivity index (χ1v) is 9.65. The highest BCUT2D eigenvalue weighted by Crippen LogP contribution is 2.28. The summed E-state index contributed by atoms with van der Waals surface area (Å²) in [7, 11) is -2.12. The lowest BCUT2D eigenvalue weighted by atomic mass is 10.3. The lowest BCUT2D eigenvalue weighted by Crippen LogP contribution is -2.17. The molecule has 0 aromatic carbocycles. The summed E-state index contributed by atoms with van der Waals surface area (Å²) in [5.41, 5.74) is 0. The summed E-state index contributed by atoms with van der Waals surface area (Å²) >= 11 is 0. The highest BCUT2D eigenvalue weighted by Gasteiger charge is 2.28. The van der Waals surface area contributed by atoms with Gasteiger partial charge in [-0.15, -0.1) is 9.05 Å². The maximum atomic E-state index is 11.7. The van der Waals surface area contributed by atoms with Gasteiger partial charge < -0.3 is 9.47 Å². The Morgan fingerprint density at radius 2 is 1.18 bits per heavy atom. The molecule has 0 radical (unpaired) electrons. The van der Waals surface area contributed by atoms with Crippen molar-refractivity contribution in [3.05, 3.63) is 0 Å². The van der Waals surface area contributed by atoms with E-state index in [1.807, 2.05) is 13.8 Å². The molecule has 22 heavy (non-hydrogen) atoms. The van der Waals surface area contributed by atoms with Crippen molar-refractivity contribution in [2.45, 2.75) is 78.4 Å². The molecule has 0 saturated carbocycles. The van der Waals surface area contributed by atoms with E-state index in [0.717, 1.165) is 26.1 Å². The van der Waals surface area contributed by atoms with Crippen LogP contribution in [0.2, 0.25) is 0 Å². The third-order valence-electron chi connectivity index (χ3n) is 3.02. The average Bonchev–Trinajstić information content (AvgIpc) is 2.46. The van der Waals surface area contributed by atoms with Gasteiger partial charge in [0.2, 0.25) is 0 Å². The lowest BCUT2D eigenvalue weighted by molar-refractivity contribution is 0.0290.